The van der Waals surface area contributed by atoms with Gasteiger partial charge in [0.25, 0.3) is 0 Å². The quantitative estimate of drug-likeness (QED) is 0.816. The summed E-state index contributed by atoms with van der Waals surface area (Å²) in [5.41, 5.74) is 15.8. The average molecular weight is 307 g/mol. The molecule has 0 spiro atoms. The van der Waals surface area contributed by atoms with Crippen LogP contribution in [-0.2, 0) is 25.7 Å². The lowest BCUT2D eigenvalue weighted by Gasteiger charge is -2.26. The van der Waals surface area contributed by atoms with Crippen LogP contribution in [0.25, 0.3) is 11.1 Å². The fourth-order valence-corrected chi connectivity index (χ4v) is 4.39. The van der Waals surface area contributed by atoms with Gasteiger partial charge in [-0.2, -0.15) is 0 Å². The van der Waals surface area contributed by atoms with Gasteiger partial charge in [-0.3, -0.25) is 0 Å². The lowest BCUT2D eigenvalue weighted by atomic mass is 9.80. The molecule has 0 aromatic heterocycles. The standard InChI is InChI=1S/C21H25NO/c1-23-19-13-11-15-7-3-5-9-17(15)21(19)20-16-8-4-2-6-14(16)10-12-18(20)22/h10-13H,2-9,22H2,1H3. The van der Waals surface area contributed by atoms with E-state index in [-0.39, 0.29) is 0 Å². The number of fused-ring (bicyclic) bond motifs is 2. The van der Waals surface area contributed by atoms with Crippen molar-refractivity contribution in [1.82, 2.24) is 0 Å². The van der Waals surface area contributed by atoms with Gasteiger partial charge in [-0.05, 0) is 85.8 Å². The van der Waals surface area contributed by atoms with Gasteiger partial charge in [-0.1, -0.05) is 12.1 Å². The van der Waals surface area contributed by atoms with Gasteiger partial charge in [-0.25, -0.2) is 0 Å². The average Bonchev–Trinajstić information content (AvgIpc) is 2.61. The lowest BCUT2D eigenvalue weighted by molar-refractivity contribution is 0.415. The number of benzene rings is 2. The number of hydrogen-bond donors (Lipinski definition) is 1. The zero-order valence-corrected chi connectivity index (χ0v) is 14.0. The van der Waals surface area contributed by atoms with Crippen LogP contribution in [0.1, 0.15) is 47.9 Å². The highest BCUT2D eigenvalue weighted by molar-refractivity contribution is 5.87. The van der Waals surface area contributed by atoms with Crippen molar-refractivity contribution in [3.63, 3.8) is 0 Å². The third-order valence-electron chi connectivity index (χ3n) is 5.53. The molecule has 23 heavy (non-hydrogen) atoms. The Morgan fingerprint density at radius 3 is 1.96 bits per heavy atom. The van der Waals surface area contributed by atoms with Crippen LogP contribution in [0, 0.1) is 0 Å². The van der Waals surface area contributed by atoms with Crippen molar-refractivity contribution >= 4 is 5.69 Å². The molecule has 0 amide bonds. The third kappa shape index (κ3) is 2.41. The maximum Gasteiger partial charge on any atom is 0.127 e. The summed E-state index contributed by atoms with van der Waals surface area (Å²) in [5.74, 6) is 0.983. The second-order valence-corrected chi connectivity index (χ2v) is 6.86. The van der Waals surface area contributed by atoms with Gasteiger partial charge < -0.3 is 10.5 Å². The number of hydrogen-bond acceptors (Lipinski definition) is 2. The Morgan fingerprint density at radius 1 is 0.739 bits per heavy atom. The van der Waals surface area contributed by atoms with Crippen LogP contribution in [0.3, 0.4) is 0 Å². The maximum absolute atomic E-state index is 6.48. The molecule has 2 N–H and O–H groups in total. The lowest BCUT2D eigenvalue weighted by Crippen LogP contribution is -2.11. The van der Waals surface area contributed by atoms with Crippen molar-refractivity contribution in [2.75, 3.05) is 12.8 Å². The molecule has 0 atom stereocenters. The first-order chi connectivity index (χ1) is 11.3. The normalized spacial score (nSPS) is 16.6. The van der Waals surface area contributed by atoms with Gasteiger partial charge >= 0.3 is 0 Å². The van der Waals surface area contributed by atoms with Crippen molar-refractivity contribution in [3.05, 3.63) is 46.5 Å². The zero-order valence-electron chi connectivity index (χ0n) is 14.0. The van der Waals surface area contributed by atoms with Crippen LogP contribution in [-0.4, -0.2) is 7.11 Å². The van der Waals surface area contributed by atoms with E-state index in [1.807, 2.05) is 0 Å². The topological polar surface area (TPSA) is 35.2 Å². The molecule has 0 saturated heterocycles. The Bertz CT molecular complexity index is 748. The number of methoxy groups -OCH3 is 1. The molecule has 2 nitrogen and oxygen atoms in total. The van der Waals surface area contributed by atoms with E-state index < -0.39 is 0 Å². The Kier molecular flexibility index (Phi) is 3.76. The van der Waals surface area contributed by atoms with Gasteiger partial charge in [0, 0.05) is 16.8 Å². The largest absolute Gasteiger partial charge is 0.496 e. The first-order valence-corrected chi connectivity index (χ1v) is 8.89. The van der Waals surface area contributed by atoms with Gasteiger partial charge in [-0.15, -0.1) is 0 Å². The Morgan fingerprint density at radius 2 is 1.30 bits per heavy atom. The smallest absolute Gasteiger partial charge is 0.127 e. The summed E-state index contributed by atoms with van der Waals surface area (Å²) in [4.78, 5) is 0. The number of ether oxygens (including phenoxy) is 1. The molecule has 0 bridgehead atoms. The predicted octanol–water partition coefficient (Wildman–Crippen LogP) is 4.70. The molecule has 2 aliphatic rings. The van der Waals surface area contributed by atoms with E-state index >= 15 is 0 Å². The summed E-state index contributed by atoms with van der Waals surface area (Å²) in [5, 5.41) is 0. The number of nitrogen functional groups attached to an aromatic ring is 1. The highest BCUT2D eigenvalue weighted by atomic mass is 16.5. The van der Waals surface area contributed by atoms with Crippen LogP contribution >= 0.6 is 0 Å². The van der Waals surface area contributed by atoms with Crippen LogP contribution < -0.4 is 10.5 Å². The molecule has 0 radical (unpaired) electrons. The van der Waals surface area contributed by atoms with Crippen LogP contribution in [0.15, 0.2) is 24.3 Å². The Balaban J connectivity index is 2.01. The highest BCUT2D eigenvalue weighted by Gasteiger charge is 2.24. The second-order valence-electron chi connectivity index (χ2n) is 6.86. The number of nitrogens with two attached hydrogens (primary N) is 1. The van der Waals surface area contributed by atoms with E-state index in [2.05, 4.69) is 24.3 Å². The van der Waals surface area contributed by atoms with Gasteiger partial charge in [0.05, 0.1) is 7.11 Å². The molecule has 0 aliphatic heterocycles. The minimum atomic E-state index is 0.905. The SMILES string of the molecule is COc1ccc2c(c1-c1c(N)ccc3c1CCCC3)CCCC2. The van der Waals surface area contributed by atoms with Gasteiger partial charge in [0.15, 0.2) is 0 Å². The minimum absolute atomic E-state index is 0.905. The fourth-order valence-electron chi connectivity index (χ4n) is 4.39. The summed E-state index contributed by atoms with van der Waals surface area (Å²) in [7, 11) is 1.78. The second kappa shape index (κ2) is 5.92. The molecule has 2 aliphatic carbocycles. The summed E-state index contributed by atoms with van der Waals surface area (Å²) in [6.45, 7) is 0. The monoisotopic (exact) mass is 307 g/mol. The van der Waals surface area contributed by atoms with E-state index in [9.17, 15) is 0 Å². The van der Waals surface area contributed by atoms with Crippen LogP contribution in [0.4, 0.5) is 5.69 Å². The van der Waals surface area contributed by atoms with Crippen molar-refractivity contribution < 1.29 is 4.74 Å². The molecule has 120 valence electrons. The van der Waals surface area contributed by atoms with Crippen molar-refractivity contribution in [2.45, 2.75) is 51.4 Å². The van der Waals surface area contributed by atoms with Crippen molar-refractivity contribution in [1.29, 1.82) is 0 Å². The Hall–Kier alpha value is -1.96. The molecule has 0 fully saturated rings. The molecular formula is C21H25NO. The fraction of sp³-hybridized carbons (Fsp3) is 0.429. The van der Waals surface area contributed by atoms with Gasteiger partial charge in [0.1, 0.15) is 5.75 Å². The van der Waals surface area contributed by atoms with E-state index in [0.29, 0.717) is 0 Å². The summed E-state index contributed by atoms with van der Waals surface area (Å²) in [6, 6.07) is 8.72. The molecule has 0 saturated carbocycles. The molecule has 2 aromatic carbocycles. The van der Waals surface area contributed by atoms with Crippen molar-refractivity contribution in [3.8, 4) is 16.9 Å². The number of anilines is 1. The first kappa shape index (κ1) is 14.6. The van der Waals surface area contributed by atoms with E-state index in [4.69, 9.17) is 10.5 Å². The third-order valence-corrected chi connectivity index (χ3v) is 5.53. The maximum atomic E-state index is 6.48. The molecule has 2 heteroatoms. The number of aryl methyl sites for hydroxylation is 2. The predicted molar refractivity (Wildman–Crippen MR) is 96.1 cm³/mol. The highest BCUT2D eigenvalue weighted by Crippen LogP contribution is 2.44. The van der Waals surface area contributed by atoms with E-state index in [1.165, 1.54) is 71.9 Å². The molecule has 0 heterocycles. The molecular weight excluding hydrogens is 282 g/mol. The first-order valence-electron chi connectivity index (χ1n) is 8.89. The Labute approximate surface area is 138 Å². The summed E-state index contributed by atoms with van der Waals surface area (Å²) in [6.07, 6.45) is 9.76. The summed E-state index contributed by atoms with van der Waals surface area (Å²) >= 11 is 0. The summed E-state index contributed by atoms with van der Waals surface area (Å²) < 4.78 is 5.76. The zero-order chi connectivity index (χ0) is 15.8. The molecule has 0 unspecified atom stereocenters. The number of rotatable bonds is 2. The van der Waals surface area contributed by atoms with Gasteiger partial charge in [0.2, 0.25) is 0 Å². The molecule has 2 aromatic rings. The van der Waals surface area contributed by atoms with Crippen molar-refractivity contribution in [2.24, 2.45) is 0 Å². The van der Waals surface area contributed by atoms with Crippen LogP contribution in [0.5, 0.6) is 5.75 Å². The van der Waals surface area contributed by atoms with E-state index in [1.54, 1.807) is 7.11 Å². The minimum Gasteiger partial charge on any atom is -0.496 e. The van der Waals surface area contributed by atoms with E-state index in [0.717, 1.165) is 24.3 Å². The van der Waals surface area contributed by atoms with Crippen LogP contribution in [0.2, 0.25) is 0 Å². The molecule has 4 rings (SSSR count).